The van der Waals surface area contributed by atoms with Crippen LogP contribution in [0.3, 0.4) is 0 Å². The number of para-hydroxylation sites is 1. The van der Waals surface area contributed by atoms with Gasteiger partial charge in [0.25, 0.3) is 0 Å². The Hall–Kier alpha value is -3.49. The fraction of sp³-hybridized carbons (Fsp3) is 0.138. The molecule has 2 nitrogen and oxygen atoms in total. The van der Waals surface area contributed by atoms with Crippen LogP contribution in [0, 0.1) is 0 Å². The summed E-state index contributed by atoms with van der Waals surface area (Å²) in [6.07, 6.45) is 6.23. The van der Waals surface area contributed by atoms with Crippen LogP contribution in [0.1, 0.15) is 29.8 Å². The third kappa shape index (κ3) is 2.46. The molecule has 2 aliphatic rings. The van der Waals surface area contributed by atoms with Crippen LogP contribution in [-0.2, 0) is 5.41 Å². The molecular formula is C29H24NO+. The molecule has 1 aliphatic carbocycles. The number of likely N-dealkylation sites (N-methyl/N-ethyl adjacent to an activating group) is 1. The number of ketones is 1. The molecule has 1 aliphatic heterocycles. The number of hydrogen-bond donors (Lipinski definition) is 1. The summed E-state index contributed by atoms with van der Waals surface area (Å²) >= 11 is 0. The van der Waals surface area contributed by atoms with E-state index in [1.54, 1.807) is 0 Å². The smallest absolute Gasteiger partial charge is 0.193 e. The van der Waals surface area contributed by atoms with Gasteiger partial charge in [-0.3, -0.25) is 9.69 Å². The van der Waals surface area contributed by atoms with Gasteiger partial charge in [0, 0.05) is 22.1 Å². The van der Waals surface area contributed by atoms with Crippen molar-refractivity contribution >= 4 is 39.1 Å². The highest BCUT2D eigenvalue weighted by Crippen LogP contribution is 2.38. The summed E-state index contributed by atoms with van der Waals surface area (Å²) in [5, 5.41) is 5.77. The van der Waals surface area contributed by atoms with Gasteiger partial charge >= 0.3 is 0 Å². The topological polar surface area (TPSA) is 21.5 Å². The molecule has 4 aromatic carbocycles. The third-order valence-corrected chi connectivity index (χ3v) is 7.14. The normalized spacial score (nSPS) is 21.8. The summed E-state index contributed by atoms with van der Waals surface area (Å²) in [6, 6.07) is 23.3. The van der Waals surface area contributed by atoms with Gasteiger partial charge in [-0.1, -0.05) is 54.6 Å². The van der Waals surface area contributed by atoms with Gasteiger partial charge in [0.15, 0.2) is 5.78 Å². The zero-order chi connectivity index (χ0) is 21.3. The van der Waals surface area contributed by atoms with Crippen molar-refractivity contribution < 1.29 is 9.69 Å². The Bertz CT molecular complexity index is 1520. The van der Waals surface area contributed by atoms with Crippen LogP contribution in [0.2, 0.25) is 0 Å². The zero-order valence-electron chi connectivity index (χ0n) is 18.0. The Labute approximate surface area is 181 Å². The first-order chi connectivity index (χ1) is 15.0. The molecular weight excluding hydrogens is 378 g/mol. The molecule has 2 heteroatoms. The zero-order valence-corrected chi connectivity index (χ0v) is 18.0. The summed E-state index contributed by atoms with van der Waals surface area (Å²) in [5.74, 6) is 0.105. The van der Waals surface area contributed by atoms with Crippen molar-refractivity contribution in [3.8, 4) is 0 Å². The maximum atomic E-state index is 13.4. The first-order valence-corrected chi connectivity index (χ1v) is 10.8. The monoisotopic (exact) mass is 402 g/mol. The highest BCUT2D eigenvalue weighted by atomic mass is 16.1. The van der Waals surface area contributed by atoms with E-state index in [0.29, 0.717) is 0 Å². The first kappa shape index (κ1) is 18.3. The molecule has 0 bridgehead atoms. The number of fused-ring (bicyclic) bond motifs is 1. The summed E-state index contributed by atoms with van der Waals surface area (Å²) in [7, 11) is 2.19. The van der Waals surface area contributed by atoms with Crippen LogP contribution in [0.5, 0.6) is 0 Å². The minimum absolute atomic E-state index is 0.0731. The average Bonchev–Trinajstić information content (AvgIpc) is 2.98. The molecule has 31 heavy (non-hydrogen) atoms. The molecule has 0 aromatic heterocycles. The number of nitrogens with one attached hydrogen (secondary N) is 1. The fourth-order valence-electron chi connectivity index (χ4n) is 5.55. The van der Waals surface area contributed by atoms with Crippen LogP contribution in [-0.4, -0.2) is 12.8 Å². The van der Waals surface area contributed by atoms with Gasteiger partial charge in [-0.2, -0.15) is 0 Å². The van der Waals surface area contributed by atoms with Crippen molar-refractivity contribution in [3.63, 3.8) is 0 Å². The van der Waals surface area contributed by atoms with E-state index in [9.17, 15) is 4.79 Å². The van der Waals surface area contributed by atoms with E-state index in [2.05, 4.69) is 93.7 Å². The van der Waals surface area contributed by atoms with E-state index in [0.717, 1.165) is 21.7 Å². The number of rotatable bonds is 1. The lowest BCUT2D eigenvalue weighted by Crippen LogP contribution is -3.01. The summed E-state index contributed by atoms with van der Waals surface area (Å²) in [5.41, 5.74) is 5.42. The summed E-state index contributed by atoms with van der Waals surface area (Å²) < 4.78 is 0. The Morgan fingerprint density at radius 1 is 0.806 bits per heavy atom. The fourth-order valence-corrected chi connectivity index (χ4v) is 5.55. The molecule has 150 valence electrons. The number of carbonyl (C=O) groups excluding carboxylic acids is 1. The van der Waals surface area contributed by atoms with E-state index in [1.807, 2.05) is 12.1 Å². The van der Waals surface area contributed by atoms with Gasteiger partial charge in [-0.25, -0.2) is 0 Å². The second-order valence-corrected chi connectivity index (χ2v) is 9.19. The van der Waals surface area contributed by atoms with Crippen LogP contribution in [0.4, 0.5) is 5.69 Å². The SMILES string of the molecule is C[NH+]1C(=CC=C2C=c3ccc4cccc5ccc(c3c54)C2=O)C(C)(C)c2ccccc21. The highest BCUT2D eigenvalue weighted by molar-refractivity contribution is 6.27. The van der Waals surface area contributed by atoms with Crippen LogP contribution < -0.4 is 10.1 Å². The largest absolute Gasteiger partial charge is 0.289 e. The van der Waals surface area contributed by atoms with E-state index < -0.39 is 0 Å². The lowest BCUT2D eigenvalue weighted by molar-refractivity contribution is -0.764. The quantitative estimate of drug-likeness (QED) is 0.461. The molecule has 0 saturated carbocycles. The van der Waals surface area contributed by atoms with Crippen molar-refractivity contribution in [2.24, 2.45) is 0 Å². The number of allylic oxidation sites excluding steroid dienone is 4. The summed E-state index contributed by atoms with van der Waals surface area (Å²) in [4.78, 5) is 14.7. The van der Waals surface area contributed by atoms with Gasteiger partial charge in [-0.05, 0) is 65.6 Å². The Kier molecular flexibility index (Phi) is 3.69. The predicted molar refractivity (Wildman–Crippen MR) is 128 cm³/mol. The molecule has 4 aromatic rings. The standard InChI is InChI=1S/C29H23NO/c1-29(2)23-9-4-5-10-24(23)30(3)25(29)16-14-21-17-20-12-11-18-7-6-8-19-13-15-22(28(21)31)27(20)26(18)19/h4-17H,1-3H3/p+1. The van der Waals surface area contributed by atoms with Crippen LogP contribution in [0.25, 0.3) is 27.6 Å². The molecule has 1 N–H and O–H groups in total. The van der Waals surface area contributed by atoms with Gasteiger partial charge < -0.3 is 0 Å². The molecule has 6 rings (SSSR count). The highest BCUT2D eigenvalue weighted by Gasteiger charge is 2.43. The first-order valence-electron chi connectivity index (χ1n) is 10.8. The average molecular weight is 403 g/mol. The number of quaternary nitrogens is 1. The maximum Gasteiger partial charge on any atom is 0.193 e. The van der Waals surface area contributed by atoms with E-state index >= 15 is 0 Å². The molecule has 0 fully saturated rings. The molecule has 0 spiro atoms. The Balaban J connectivity index is 1.53. The second kappa shape index (κ2) is 6.26. The Morgan fingerprint density at radius 3 is 2.32 bits per heavy atom. The van der Waals surface area contributed by atoms with Crippen molar-refractivity contribution in [3.05, 3.63) is 106 Å². The van der Waals surface area contributed by atoms with Crippen molar-refractivity contribution in [2.45, 2.75) is 19.3 Å². The van der Waals surface area contributed by atoms with Crippen molar-refractivity contribution in [2.75, 3.05) is 7.05 Å². The Morgan fingerprint density at radius 2 is 1.55 bits per heavy atom. The van der Waals surface area contributed by atoms with E-state index in [-0.39, 0.29) is 11.2 Å². The maximum absolute atomic E-state index is 13.4. The van der Waals surface area contributed by atoms with Crippen LogP contribution in [0.15, 0.2) is 90.2 Å². The predicted octanol–water partition coefficient (Wildman–Crippen LogP) is 4.64. The number of Topliss-reactive ketones (excluding diaryl/α,β-unsaturated/α-hetero) is 1. The molecule has 1 atom stereocenters. The second-order valence-electron chi connectivity index (χ2n) is 9.19. The van der Waals surface area contributed by atoms with Gasteiger partial charge in [-0.15, -0.1) is 0 Å². The number of hydrogen-bond acceptors (Lipinski definition) is 1. The molecule has 1 unspecified atom stereocenters. The number of carbonyl (C=O) groups is 1. The lowest BCUT2D eigenvalue weighted by atomic mass is 9.83. The lowest BCUT2D eigenvalue weighted by Gasteiger charge is -2.19. The van der Waals surface area contributed by atoms with E-state index in [1.165, 1.54) is 38.0 Å². The number of benzene rings is 4. The molecule has 0 saturated heterocycles. The van der Waals surface area contributed by atoms with Gasteiger partial charge in [0.1, 0.15) is 11.4 Å². The molecule has 0 amide bonds. The van der Waals surface area contributed by atoms with Gasteiger partial charge in [0.2, 0.25) is 0 Å². The molecule has 1 heterocycles. The molecule has 0 radical (unpaired) electrons. The van der Waals surface area contributed by atoms with Crippen LogP contribution >= 0.6 is 0 Å². The minimum atomic E-state index is -0.0731. The van der Waals surface area contributed by atoms with Crippen molar-refractivity contribution in [1.29, 1.82) is 0 Å². The van der Waals surface area contributed by atoms with Gasteiger partial charge in [0.05, 0.1) is 12.5 Å². The van der Waals surface area contributed by atoms with E-state index in [4.69, 9.17) is 0 Å². The minimum Gasteiger partial charge on any atom is -0.289 e. The third-order valence-electron chi connectivity index (χ3n) is 7.14. The van der Waals surface area contributed by atoms with Crippen molar-refractivity contribution in [1.82, 2.24) is 0 Å². The summed E-state index contributed by atoms with van der Waals surface area (Å²) in [6.45, 7) is 4.53.